The van der Waals surface area contributed by atoms with Gasteiger partial charge >= 0.3 is 5.97 Å². The van der Waals surface area contributed by atoms with Crippen molar-refractivity contribution in [3.05, 3.63) is 65.7 Å². The molecule has 0 spiro atoms. The smallest absolute Gasteiger partial charge is 0.326 e. The number of rotatable bonds is 9. The van der Waals surface area contributed by atoms with E-state index >= 15 is 0 Å². The molecule has 144 valence electrons. The van der Waals surface area contributed by atoms with Gasteiger partial charge < -0.3 is 10.4 Å². The standard InChI is InChI=1S/C19H22N2O5S/c1-2-12-27(25,26)21-16-10-8-15(9-11-16)18(22)20-17(19(23)24)13-14-6-4-3-5-7-14/h3-11,17,21H,2,12-13H2,1H3,(H,20,22)(H,23,24)/t17-/m1/s1. The average molecular weight is 390 g/mol. The number of sulfonamides is 1. The minimum Gasteiger partial charge on any atom is -0.480 e. The highest BCUT2D eigenvalue weighted by atomic mass is 32.2. The highest BCUT2D eigenvalue weighted by Gasteiger charge is 2.21. The van der Waals surface area contributed by atoms with Crippen molar-refractivity contribution >= 4 is 27.6 Å². The molecule has 0 unspecified atom stereocenters. The summed E-state index contributed by atoms with van der Waals surface area (Å²) in [6, 6.07) is 13.8. The number of benzene rings is 2. The zero-order valence-corrected chi connectivity index (χ0v) is 15.7. The van der Waals surface area contributed by atoms with Crippen LogP contribution in [-0.2, 0) is 21.2 Å². The number of hydrogen-bond acceptors (Lipinski definition) is 4. The van der Waals surface area contributed by atoms with Gasteiger partial charge in [-0.25, -0.2) is 13.2 Å². The molecule has 0 saturated heterocycles. The number of carbonyl (C=O) groups is 2. The number of carboxylic acids is 1. The molecular formula is C19H22N2O5S. The molecular weight excluding hydrogens is 368 g/mol. The highest BCUT2D eigenvalue weighted by Crippen LogP contribution is 2.13. The van der Waals surface area contributed by atoms with Crippen LogP contribution in [0.15, 0.2) is 54.6 Å². The van der Waals surface area contributed by atoms with Crippen LogP contribution in [0.2, 0.25) is 0 Å². The van der Waals surface area contributed by atoms with Crippen LogP contribution in [0.3, 0.4) is 0 Å². The van der Waals surface area contributed by atoms with E-state index in [1.807, 2.05) is 6.07 Å². The van der Waals surface area contributed by atoms with Gasteiger partial charge in [-0.3, -0.25) is 9.52 Å². The first-order chi connectivity index (χ1) is 12.8. The van der Waals surface area contributed by atoms with Gasteiger partial charge in [0.2, 0.25) is 10.0 Å². The van der Waals surface area contributed by atoms with Crippen LogP contribution in [0.1, 0.15) is 29.3 Å². The second kappa shape index (κ2) is 9.18. The Morgan fingerprint density at radius 1 is 1.04 bits per heavy atom. The maximum Gasteiger partial charge on any atom is 0.326 e. The first-order valence-corrected chi connectivity index (χ1v) is 10.1. The molecule has 0 fully saturated rings. The molecule has 0 aliphatic rings. The van der Waals surface area contributed by atoms with E-state index in [1.165, 1.54) is 24.3 Å². The number of aliphatic carboxylic acids is 1. The van der Waals surface area contributed by atoms with E-state index in [9.17, 15) is 23.1 Å². The first-order valence-electron chi connectivity index (χ1n) is 8.49. The zero-order valence-electron chi connectivity index (χ0n) is 14.9. The summed E-state index contributed by atoms with van der Waals surface area (Å²) in [7, 11) is -3.41. The van der Waals surface area contributed by atoms with E-state index in [0.717, 1.165) is 5.56 Å². The van der Waals surface area contributed by atoms with Gasteiger partial charge in [-0.15, -0.1) is 0 Å². The van der Waals surface area contributed by atoms with E-state index in [-0.39, 0.29) is 17.7 Å². The van der Waals surface area contributed by atoms with Crippen LogP contribution in [0.5, 0.6) is 0 Å². The molecule has 3 N–H and O–H groups in total. The largest absolute Gasteiger partial charge is 0.480 e. The maximum absolute atomic E-state index is 12.3. The minimum absolute atomic E-state index is 0.00894. The normalized spacial score (nSPS) is 12.2. The number of amides is 1. The van der Waals surface area contributed by atoms with Gasteiger partial charge in [0.25, 0.3) is 5.91 Å². The van der Waals surface area contributed by atoms with Crippen LogP contribution in [0.4, 0.5) is 5.69 Å². The van der Waals surface area contributed by atoms with Gasteiger partial charge in [0.1, 0.15) is 6.04 Å². The fraction of sp³-hybridized carbons (Fsp3) is 0.263. The van der Waals surface area contributed by atoms with Crippen molar-refractivity contribution in [1.82, 2.24) is 5.32 Å². The third-order valence-electron chi connectivity index (χ3n) is 3.78. The second-order valence-corrected chi connectivity index (χ2v) is 7.89. The van der Waals surface area contributed by atoms with Crippen LogP contribution in [0, 0.1) is 0 Å². The summed E-state index contributed by atoms with van der Waals surface area (Å²) < 4.78 is 25.9. The molecule has 1 atom stereocenters. The Kier molecular flexibility index (Phi) is 6.95. The van der Waals surface area contributed by atoms with Crippen molar-refractivity contribution in [2.45, 2.75) is 25.8 Å². The van der Waals surface area contributed by atoms with Crippen molar-refractivity contribution in [2.75, 3.05) is 10.5 Å². The Morgan fingerprint density at radius 2 is 1.67 bits per heavy atom. The Bertz CT molecular complexity index is 880. The summed E-state index contributed by atoms with van der Waals surface area (Å²) in [5.74, 6) is -1.66. The van der Waals surface area contributed by atoms with Crippen molar-refractivity contribution in [3.63, 3.8) is 0 Å². The van der Waals surface area contributed by atoms with Gasteiger partial charge in [0.05, 0.1) is 5.75 Å². The Labute approximate surface area is 158 Å². The topological polar surface area (TPSA) is 113 Å². The van der Waals surface area contributed by atoms with E-state index in [4.69, 9.17) is 0 Å². The van der Waals surface area contributed by atoms with Crippen molar-refractivity contribution < 1.29 is 23.1 Å². The summed E-state index contributed by atoms with van der Waals surface area (Å²) >= 11 is 0. The lowest BCUT2D eigenvalue weighted by molar-refractivity contribution is -0.139. The number of nitrogens with one attached hydrogen (secondary N) is 2. The van der Waals surface area contributed by atoms with E-state index in [0.29, 0.717) is 12.1 Å². The quantitative estimate of drug-likeness (QED) is 0.608. The fourth-order valence-electron chi connectivity index (χ4n) is 2.48. The number of hydrogen-bond donors (Lipinski definition) is 3. The van der Waals surface area contributed by atoms with Crippen molar-refractivity contribution in [3.8, 4) is 0 Å². The summed E-state index contributed by atoms with van der Waals surface area (Å²) in [5, 5.41) is 11.9. The molecule has 0 aliphatic carbocycles. The average Bonchev–Trinajstić information content (AvgIpc) is 2.62. The van der Waals surface area contributed by atoms with E-state index < -0.39 is 27.9 Å². The van der Waals surface area contributed by atoms with Crippen LogP contribution < -0.4 is 10.0 Å². The fourth-order valence-corrected chi connectivity index (χ4v) is 3.62. The van der Waals surface area contributed by atoms with Gasteiger partial charge in [0.15, 0.2) is 0 Å². The van der Waals surface area contributed by atoms with Crippen LogP contribution in [0.25, 0.3) is 0 Å². The van der Waals surface area contributed by atoms with Gasteiger partial charge in [0, 0.05) is 17.7 Å². The third kappa shape index (κ3) is 6.41. The second-order valence-electron chi connectivity index (χ2n) is 6.05. The molecule has 1 amide bonds. The maximum atomic E-state index is 12.3. The molecule has 0 saturated carbocycles. The van der Waals surface area contributed by atoms with Crippen molar-refractivity contribution in [2.24, 2.45) is 0 Å². The third-order valence-corrected chi connectivity index (χ3v) is 5.27. The highest BCUT2D eigenvalue weighted by molar-refractivity contribution is 7.92. The predicted molar refractivity (Wildman–Crippen MR) is 103 cm³/mol. The van der Waals surface area contributed by atoms with Gasteiger partial charge in [-0.2, -0.15) is 0 Å². The van der Waals surface area contributed by atoms with Crippen molar-refractivity contribution in [1.29, 1.82) is 0 Å². The molecule has 0 bridgehead atoms. The molecule has 0 aliphatic heterocycles. The molecule has 0 radical (unpaired) electrons. The van der Waals surface area contributed by atoms with E-state index in [2.05, 4.69) is 10.0 Å². The lowest BCUT2D eigenvalue weighted by Gasteiger charge is -2.15. The molecule has 2 rings (SSSR count). The van der Waals surface area contributed by atoms with Gasteiger partial charge in [-0.05, 0) is 36.2 Å². The summed E-state index contributed by atoms with van der Waals surface area (Å²) in [4.78, 5) is 23.8. The van der Waals surface area contributed by atoms with E-state index in [1.54, 1.807) is 31.2 Å². The molecule has 0 heterocycles. The Balaban J connectivity index is 2.04. The van der Waals surface area contributed by atoms with Crippen LogP contribution >= 0.6 is 0 Å². The lowest BCUT2D eigenvalue weighted by atomic mass is 10.1. The van der Waals surface area contributed by atoms with Crippen LogP contribution in [-0.4, -0.2) is 37.2 Å². The first kappa shape index (κ1) is 20.4. The zero-order chi connectivity index (χ0) is 19.9. The summed E-state index contributed by atoms with van der Waals surface area (Å²) in [6.45, 7) is 1.76. The molecule has 8 heteroatoms. The Hall–Kier alpha value is -2.87. The predicted octanol–water partition coefficient (Wildman–Crippen LogP) is 2.26. The Morgan fingerprint density at radius 3 is 2.22 bits per heavy atom. The SMILES string of the molecule is CCCS(=O)(=O)Nc1ccc(C(=O)N[C@H](Cc2ccccc2)C(=O)O)cc1. The number of anilines is 1. The summed E-state index contributed by atoms with van der Waals surface area (Å²) in [6.07, 6.45) is 0.657. The molecule has 27 heavy (non-hydrogen) atoms. The monoisotopic (exact) mass is 390 g/mol. The number of carboxylic acid groups (broad SMARTS) is 1. The molecule has 2 aromatic carbocycles. The number of carbonyl (C=O) groups excluding carboxylic acids is 1. The molecule has 0 aromatic heterocycles. The summed E-state index contributed by atoms with van der Waals surface area (Å²) in [5.41, 5.74) is 1.39. The molecule has 2 aromatic rings. The lowest BCUT2D eigenvalue weighted by Crippen LogP contribution is -2.42. The molecule has 7 nitrogen and oxygen atoms in total. The van der Waals surface area contributed by atoms with Gasteiger partial charge in [-0.1, -0.05) is 37.3 Å². The minimum atomic E-state index is -3.41.